The van der Waals surface area contributed by atoms with Crippen LogP contribution in [0.1, 0.15) is 16.7 Å². The van der Waals surface area contributed by atoms with Gasteiger partial charge in [-0.25, -0.2) is 4.79 Å². The van der Waals surface area contributed by atoms with Crippen LogP contribution in [0.25, 0.3) is 27.8 Å². The molecule has 0 bridgehead atoms. The molecule has 2 aromatic carbocycles. The number of hydrogen-bond acceptors (Lipinski definition) is 2. The van der Waals surface area contributed by atoms with Crippen LogP contribution < -0.4 is 11.2 Å². The van der Waals surface area contributed by atoms with Crippen LogP contribution in [-0.2, 0) is 14.1 Å². The van der Waals surface area contributed by atoms with Crippen molar-refractivity contribution in [1.82, 2.24) is 13.7 Å². The SMILES string of the molecule is Cc1cccc(-c2c3c(=O)n(C)c(=O)n(C)c3cn2-c2cc(C)ccc2C)c1. The second kappa shape index (κ2) is 6.37. The zero-order valence-electron chi connectivity index (χ0n) is 16.8. The van der Waals surface area contributed by atoms with Crippen molar-refractivity contribution >= 4 is 10.9 Å². The van der Waals surface area contributed by atoms with Gasteiger partial charge in [-0.05, 0) is 49.6 Å². The first-order chi connectivity index (χ1) is 13.3. The summed E-state index contributed by atoms with van der Waals surface area (Å²) in [5, 5.41) is 0.552. The quantitative estimate of drug-likeness (QED) is 0.539. The molecule has 0 aliphatic heterocycles. The van der Waals surface area contributed by atoms with Gasteiger partial charge in [0, 0.05) is 26.0 Å². The molecular formula is C23H23N3O2. The molecule has 4 rings (SSSR count). The van der Waals surface area contributed by atoms with Gasteiger partial charge in [0.15, 0.2) is 0 Å². The van der Waals surface area contributed by atoms with E-state index >= 15 is 0 Å². The van der Waals surface area contributed by atoms with E-state index in [9.17, 15) is 9.59 Å². The molecule has 0 saturated carbocycles. The minimum atomic E-state index is -0.327. The number of fused-ring (bicyclic) bond motifs is 1. The lowest BCUT2D eigenvalue weighted by Gasteiger charge is -2.14. The average Bonchev–Trinajstić information content (AvgIpc) is 3.07. The van der Waals surface area contributed by atoms with Crippen LogP contribution >= 0.6 is 0 Å². The van der Waals surface area contributed by atoms with Crippen molar-refractivity contribution in [3.05, 3.63) is 86.2 Å². The maximum Gasteiger partial charge on any atom is 0.330 e. The van der Waals surface area contributed by atoms with E-state index in [2.05, 4.69) is 31.2 Å². The van der Waals surface area contributed by atoms with Crippen LogP contribution in [0.15, 0.2) is 58.3 Å². The minimum Gasteiger partial charge on any atom is -0.313 e. The Balaban J connectivity index is 2.25. The van der Waals surface area contributed by atoms with E-state index in [0.29, 0.717) is 10.9 Å². The Bertz CT molecular complexity index is 1350. The van der Waals surface area contributed by atoms with Gasteiger partial charge in [0.05, 0.1) is 16.6 Å². The van der Waals surface area contributed by atoms with Crippen LogP contribution in [0, 0.1) is 20.8 Å². The molecule has 0 spiro atoms. The van der Waals surface area contributed by atoms with Gasteiger partial charge in [-0.15, -0.1) is 0 Å². The van der Waals surface area contributed by atoms with E-state index in [1.165, 1.54) is 16.2 Å². The minimum absolute atomic E-state index is 0.279. The van der Waals surface area contributed by atoms with Crippen molar-refractivity contribution in [3.8, 4) is 16.9 Å². The topological polar surface area (TPSA) is 48.9 Å². The van der Waals surface area contributed by atoms with E-state index in [4.69, 9.17) is 0 Å². The van der Waals surface area contributed by atoms with Crippen molar-refractivity contribution in [2.24, 2.45) is 14.1 Å². The smallest absolute Gasteiger partial charge is 0.313 e. The van der Waals surface area contributed by atoms with Crippen molar-refractivity contribution in [1.29, 1.82) is 0 Å². The molecule has 0 atom stereocenters. The van der Waals surface area contributed by atoms with E-state index in [-0.39, 0.29) is 11.2 Å². The van der Waals surface area contributed by atoms with Crippen LogP contribution in [-0.4, -0.2) is 13.7 Å². The molecule has 0 amide bonds. The fourth-order valence-corrected chi connectivity index (χ4v) is 3.79. The number of nitrogens with zero attached hydrogens (tertiary/aromatic N) is 3. The Kier molecular flexibility index (Phi) is 4.11. The van der Waals surface area contributed by atoms with Crippen LogP contribution in [0.4, 0.5) is 0 Å². The first-order valence-corrected chi connectivity index (χ1v) is 9.25. The first-order valence-electron chi connectivity index (χ1n) is 9.25. The summed E-state index contributed by atoms with van der Waals surface area (Å²) in [7, 11) is 3.23. The molecule has 2 heterocycles. The van der Waals surface area contributed by atoms with Crippen molar-refractivity contribution in [2.75, 3.05) is 0 Å². The highest BCUT2D eigenvalue weighted by Gasteiger charge is 2.21. The second-order valence-electron chi connectivity index (χ2n) is 7.47. The molecule has 0 fully saturated rings. The highest BCUT2D eigenvalue weighted by molar-refractivity contribution is 5.95. The van der Waals surface area contributed by atoms with Crippen molar-refractivity contribution in [2.45, 2.75) is 20.8 Å². The molecule has 142 valence electrons. The third-order valence-corrected chi connectivity index (χ3v) is 5.35. The van der Waals surface area contributed by atoms with Gasteiger partial charge in [0.2, 0.25) is 0 Å². The molecule has 5 nitrogen and oxygen atoms in total. The van der Waals surface area contributed by atoms with Gasteiger partial charge < -0.3 is 4.57 Å². The van der Waals surface area contributed by atoms with Gasteiger partial charge in [-0.1, -0.05) is 35.9 Å². The molecule has 2 aromatic heterocycles. The Morgan fingerprint density at radius 2 is 1.54 bits per heavy atom. The van der Waals surface area contributed by atoms with Gasteiger partial charge in [-0.3, -0.25) is 13.9 Å². The lowest BCUT2D eigenvalue weighted by atomic mass is 10.1. The van der Waals surface area contributed by atoms with Crippen LogP contribution in [0.5, 0.6) is 0 Å². The highest BCUT2D eigenvalue weighted by Crippen LogP contribution is 2.32. The van der Waals surface area contributed by atoms with E-state index in [1.54, 1.807) is 7.05 Å². The summed E-state index contributed by atoms with van der Waals surface area (Å²) in [5.41, 5.74) is 6.13. The molecule has 0 saturated heterocycles. The largest absolute Gasteiger partial charge is 0.330 e. The standard InChI is InChI=1S/C23H23N3O2/c1-14-7-6-8-17(11-14)21-20-19(24(4)23(28)25(5)22(20)27)13-26(21)18-12-15(2)9-10-16(18)3/h6-13H,1-5H3. The number of rotatable bonds is 2. The lowest BCUT2D eigenvalue weighted by molar-refractivity contribution is 0.714. The molecule has 0 aliphatic rings. The zero-order chi connectivity index (χ0) is 20.2. The fourth-order valence-electron chi connectivity index (χ4n) is 3.79. The zero-order valence-corrected chi connectivity index (χ0v) is 16.8. The molecule has 0 unspecified atom stereocenters. The second-order valence-corrected chi connectivity index (χ2v) is 7.47. The van der Waals surface area contributed by atoms with Gasteiger partial charge >= 0.3 is 5.69 Å². The summed E-state index contributed by atoms with van der Waals surface area (Å²) in [4.78, 5) is 25.6. The van der Waals surface area contributed by atoms with Crippen LogP contribution in [0.3, 0.4) is 0 Å². The number of aromatic nitrogens is 3. The normalized spacial score (nSPS) is 11.3. The number of hydrogen-bond donors (Lipinski definition) is 0. The third kappa shape index (κ3) is 2.62. The number of aryl methyl sites for hydroxylation is 4. The summed E-state index contributed by atoms with van der Waals surface area (Å²) < 4.78 is 4.76. The molecule has 0 aliphatic carbocycles. The highest BCUT2D eigenvalue weighted by atomic mass is 16.2. The summed E-state index contributed by atoms with van der Waals surface area (Å²) in [5.74, 6) is 0. The summed E-state index contributed by atoms with van der Waals surface area (Å²) in [6, 6.07) is 14.4. The summed E-state index contributed by atoms with van der Waals surface area (Å²) in [6.07, 6.45) is 1.90. The van der Waals surface area contributed by atoms with Gasteiger partial charge in [0.25, 0.3) is 5.56 Å². The first kappa shape index (κ1) is 18.0. The molecule has 5 heteroatoms. The average molecular weight is 373 g/mol. The van der Waals surface area contributed by atoms with E-state index < -0.39 is 0 Å². The van der Waals surface area contributed by atoms with E-state index in [1.807, 2.05) is 42.8 Å². The number of benzene rings is 2. The molecule has 28 heavy (non-hydrogen) atoms. The molecule has 0 radical (unpaired) electrons. The predicted molar refractivity (Wildman–Crippen MR) is 113 cm³/mol. The Hall–Kier alpha value is -3.34. The van der Waals surface area contributed by atoms with Crippen molar-refractivity contribution < 1.29 is 0 Å². The molecule has 4 aromatic rings. The Morgan fingerprint density at radius 1 is 0.821 bits per heavy atom. The maximum absolute atomic E-state index is 13.1. The van der Waals surface area contributed by atoms with Gasteiger partial charge in [-0.2, -0.15) is 0 Å². The lowest BCUT2D eigenvalue weighted by Crippen LogP contribution is -2.36. The van der Waals surface area contributed by atoms with Crippen LogP contribution in [0.2, 0.25) is 0 Å². The summed E-state index contributed by atoms with van der Waals surface area (Å²) in [6.45, 7) is 6.13. The Morgan fingerprint density at radius 3 is 2.25 bits per heavy atom. The molecule has 0 N–H and O–H groups in total. The maximum atomic E-state index is 13.1. The predicted octanol–water partition coefficient (Wildman–Crippen LogP) is 3.62. The van der Waals surface area contributed by atoms with Gasteiger partial charge in [0.1, 0.15) is 0 Å². The molecular weight excluding hydrogens is 350 g/mol. The fraction of sp³-hybridized carbons (Fsp3) is 0.217. The summed E-state index contributed by atoms with van der Waals surface area (Å²) >= 11 is 0. The monoisotopic (exact) mass is 373 g/mol. The third-order valence-electron chi connectivity index (χ3n) is 5.35. The van der Waals surface area contributed by atoms with Crippen molar-refractivity contribution in [3.63, 3.8) is 0 Å². The Labute approximate surface area is 163 Å². The van der Waals surface area contributed by atoms with E-state index in [0.717, 1.165) is 33.6 Å².